The van der Waals surface area contributed by atoms with E-state index in [0.717, 1.165) is 16.7 Å². The van der Waals surface area contributed by atoms with Crippen molar-refractivity contribution in [3.05, 3.63) is 53.6 Å². The average molecular weight is 526 g/mol. The standard InChI is InChI=1S/C30H39NO7/c1-16(2)18(4)26-19(5)27(35-20(6)32)28(36-21(7)33)30(38-26)37-25-13-12-23(14-17(25)3)22-10-9-11-24(15-22)29(34)31-8/h9-16,18-19,26-28,30H,1-8H3,(H,31,34)/t18-,19+,26+,27-,28-,30-/m0/s1. The molecule has 6 atom stereocenters. The van der Waals surface area contributed by atoms with Gasteiger partial charge in [0.25, 0.3) is 5.91 Å². The summed E-state index contributed by atoms with van der Waals surface area (Å²) in [6.07, 6.45) is -2.94. The normalized spacial score (nSPS) is 23.9. The van der Waals surface area contributed by atoms with Crippen LogP contribution in [-0.2, 0) is 23.8 Å². The third-order valence-corrected chi connectivity index (χ3v) is 7.20. The molecule has 0 saturated carbocycles. The van der Waals surface area contributed by atoms with Crippen molar-refractivity contribution in [2.45, 2.75) is 73.1 Å². The predicted octanol–water partition coefficient (Wildman–Crippen LogP) is 4.92. The summed E-state index contributed by atoms with van der Waals surface area (Å²) in [6, 6.07) is 13.1. The second kappa shape index (κ2) is 12.4. The summed E-state index contributed by atoms with van der Waals surface area (Å²) in [6.45, 7) is 12.8. The van der Waals surface area contributed by atoms with Crippen molar-refractivity contribution >= 4 is 17.8 Å². The number of rotatable bonds is 8. The van der Waals surface area contributed by atoms with Crippen LogP contribution in [0, 0.1) is 24.7 Å². The molecule has 0 spiro atoms. The predicted molar refractivity (Wildman–Crippen MR) is 144 cm³/mol. The van der Waals surface area contributed by atoms with Gasteiger partial charge < -0.3 is 24.3 Å². The van der Waals surface area contributed by atoms with E-state index < -0.39 is 30.4 Å². The smallest absolute Gasteiger partial charge is 0.303 e. The van der Waals surface area contributed by atoms with Crippen molar-refractivity contribution in [1.29, 1.82) is 0 Å². The molecule has 1 N–H and O–H groups in total. The van der Waals surface area contributed by atoms with Gasteiger partial charge in [-0.05, 0) is 59.7 Å². The fourth-order valence-corrected chi connectivity index (χ4v) is 4.83. The van der Waals surface area contributed by atoms with Crippen LogP contribution in [-0.4, -0.2) is 49.5 Å². The third kappa shape index (κ3) is 6.72. The maximum atomic E-state index is 12.1. The van der Waals surface area contributed by atoms with Gasteiger partial charge in [-0.1, -0.05) is 45.9 Å². The first-order chi connectivity index (χ1) is 17.9. The average Bonchev–Trinajstić information content (AvgIpc) is 2.87. The molecule has 8 heteroatoms. The number of hydrogen-bond donors (Lipinski definition) is 1. The highest BCUT2D eigenvalue weighted by molar-refractivity contribution is 5.95. The van der Waals surface area contributed by atoms with Gasteiger partial charge in [0.05, 0.1) is 6.10 Å². The van der Waals surface area contributed by atoms with Crippen LogP contribution in [0.4, 0.5) is 0 Å². The Bertz CT molecular complexity index is 1160. The Morgan fingerprint density at radius 3 is 2.13 bits per heavy atom. The highest BCUT2D eigenvalue weighted by Gasteiger charge is 2.50. The van der Waals surface area contributed by atoms with Gasteiger partial charge in [0.2, 0.25) is 12.4 Å². The molecular weight excluding hydrogens is 486 g/mol. The van der Waals surface area contributed by atoms with Crippen molar-refractivity contribution in [3.63, 3.8) is 0 Å². The van der Waals surface area contributed by atoms with E-state index in [1.807, 2.05) is 50.2 Å². The fourth-order valence-electron chi connectivity index (χ4n) is 4.83. The first-order valence-corrected chi connectivity index (χ1v) is 13.0. The summed E-state index contributed by atoms with van der Waals surface area (Å²) in [5.74, 6) is -0.384. The van der Waals surface area contributed by atoms with Crippen molar-refractivity contribution in [2.24, 2.45) is 17.8 Å². The lowest BCUT2D eigenvalue weighted by Crippen LogP contribution is -2.60. The number of carbonyl (C=O) groups excluding carboxylic acids is 3. The Morgan fingerprint density at radius 1 is 0.921 bits per heavy atom. The van der Waals surface area contributed by atoms with Gasteiger partial charge >= 0.3 is 11.9 Å². The molecule has 8 nitrogen and oxygen atoms in total. The van der Waals surface area contributed by atoms with Crippen LogP contribution in [0.2, 0.25) is 0 Å². The molecular formula is C30H39NO7. The molecule has 0 aliphatic carbocycles. The van der Waals surface area contributed by atoms with Gasteiger partial charge in [0.15, 0.2) is 0 Å². The van der Waals surface area contributed by atoms with Crippen LogP contribution in [0.3, 0.4) is 0 Å². The first-order valence-electron chi connectivity index (χ1n) is 13.0. The summed E-state index contributed by atoms with van der Waals surface area (Å²) in [5, 5.41) is 2.64. The minimum absolute atomic E-state index is 0.128. The number of hydrogen-bond acceptors (Lipinski definition) is 7. The Labute approximate surface area is 225 Å². The van der Waals surface area contributed by atoms with Crippen molar-refractivity contribution < 1.29 is 33.3 Å². The molecule has 2 aromatic carbocycles. The summed E-state index contributed by atoms with van der Waals surface area (Å²) >= 11 is 0. The van der Waals surface area contributed by atoms with E-state index in [9.17, 15) is 14.4 Å². The number of amides is 1. The topological polar surface area (TPSA) is 100 Å². The summed E-state index contributed by atoms with van der Waals surface area (Å²) in [7, 11) is 1.60. The molecule has 3 rings (SSSR count). The number of esters is 2. The van der Waals surface area contributed by atoms with E-state index in [4.69, 9.17) is 18.9 Å². The molecule has 1 amide bonds. The molecule has 1 aliphatic heterocycles. The van der Waals surface area contributed by atoms with E-state index in [-0.39, 0.29) is 23.8 Å². The lowest BCUT2D eigenvalue weighted by Gasteiger charge is -2.46. The molecule has 0 aromatic heterocycles. The highest BCUT2D eigenvalue weighted by atomic mass is 16.7. The molecule has 0 radical (unpaired) electrons. The van der Waals surface area contributed by atoms with Gasteiger partial charge in [0.1, 0.15) is 11.9 Å². The molecule has 38 heavy (non-hydrogen) atoms. The van der Waals surface area contributed by atoms with E-state index in [0.29, 0.717) is 17.2 Å². The van der Waals surface area contributed by atoms with Crippen LogP contribution in [0.1, 0.15) is 57.5 Å². The molecule has 1 fully saturated rings. The maximum Gasteiger partial charge on any atom is 0.303 e. The highest BCUT2D eigenvalue weighted by Crippen LogP contribution is 2.38. The SMILES string of the molecule is CNC(=O)c1cccc(-c2ccc(O[C@H]3O[C@H]([C@@H](C)C(C)C)[C@@H](C)[C@H](OC(C)=O)[C@@H]3OC(C)=O)c(C)c2)c1. The van der Waals surface area contributed by atoms with E-state index >= 15 is 0 Å². The number of carbonyl (C=O) groups is 3. The van der Waals surface area contributed by atoms with E-state index in [1.54, 1.807) is 13.1 Å². The second-order valence-corrected chi connectivity index (χ2v) is 10.3. The number of nitrogens with one attached hydrogen (secondary N) is 1. The van der Waals surface area contributed by atoms with Gasteiger partial charge in [-0.3, -0.25) is 14.4 Å². The number of aryl methyl sites for hydroxylation is 1. The molecule has 1 aliphatic rings. The first kappa shape index (κ1) is 29.2. The van der Waals surface area contributed by atoms with Crippen LogP contribution in [0.15, 0.2) is 42.5 Å². The summed E-state index contributed by atoms with van der Waals surface area (Å²) in [4.78, 5) is 36.1. The quantitative estimate of drug-likeness (QED) is 0.489. The van der Waals surface area contributed by atoms with Crippen LogP contribution in [0.25, 0.3) is 11.1 Å². The lowest BCUT2D eigenvalue weighted by molar-refractivity contribution is -0.276. The molecule has 206 valence electrons. The number of ether oxygens (including phenoxy) is 4. The molecule has 1 heterocycles. The second-order valence-electron chi connectivity index (χ2n) is 10.3. The zero-order valence-electron chi connectivity index (χ0n) is 23.4. The Kier molecular flexibility index (Phi) is 9.55. The van der Waals surface area contributed by atoms with E-state index in [2.05, 4.69) is 26.1 Å². The minimum atomic E-state index is -0.980. The van der Waals surface area contributed by atoms with Gasteiger partial charge in [-0.15, -0.1) is 0 Å². The lowest BCUT2D eigenvalue weighted by atomic mass is 9.79. The van der Waals surface area contributed by atoms with Gasteiger partial charge in [-0.25, -0.2) is 0 Å². The zero-order valence-corrected chi connectivity index (χ0v) is 23.4. The molecule has 0 bridgehead atoms. The van der Waals surface area contributed by atoms with Crippen LogP contribution < -0.4 is 10.1 Å². The van der Waals surface area contributed by atoms with Gasteiger partial charge in [-0.2, -0.15) is 0 Å². The van der Waals surface area contributed by atoms with Crippen LogP contribution in [0.5, 0.6) is 5.75 Å². The van der Waals surface area contributed by atoms with Crippen LogP contribution >= 0.6 is 0 Å². The van der Waals surface area contributed by atoms with E-state index in [1.165, 1.54) is 13.8 Å². The maximum absolute atomic E-state index is 12.1. The Balaban J connectivity index is 1.95. The largest absolute Gasteiger partial charge is 0.460 e. The molecule has 1 saturated heterocycles. The van der Waals surface area contributed by atoms with Crippen molar-refractivity contribution in [2.75, 3.05) is 7.05 Å². The Hall–Kier alpha value is -3.39. The molecule has 0 unspecified atom stereocenters. The Morgan fingerprint density at radius 2 is 1.55 bits per heavy atom. The molecule has 2 aromatic rings. The zero-order chi connectivity index (χ0) is 28.1. The summed E-state index contributed by atoms with van der Waals surface area (Å²) < 4.78 is 24.1. The fraction of sp³-hybridized carbons (Fsp3) is 0.500. The van der Waals surface area contributed by atoms with Crippen molar-refractivity contribution in [1.82, 2.24) is 5.32 Å². The third-order valence-electron chi connectivity index (χ3n) is 7.20. The summed E-state index contributed by atoms with van der Waals surface area (Å²) in [5.41, 5.74) is 3.20. The monoisotopic (exact) mass is 525 g/mol. The minimum Gasteiger partial charge on any atom is -0.460 e. The van der Waals surface area contributed by atoms with Crippen molar-refractivity contribution in [3.8, 4) is 16.9 Å². The number of benzene rings is 2. The van der Waals surface area contributed by atoms with Gasteiger partial charge in [0, 0.05) is 32.4 Å².